The fourth-order valence-electron chi connectivity index (χ4n) is 8.88. The first-order chi connectivity index (χ1) is 18.0. The topological polar surface area (TPSA) is 71.0 Å². The van der Waals surface area contributed by atoms with E-state index in [1.54, 1.807) is 12.3 Å². The number of aromatic nitrogens is 3. The molecule has 4 bridgehead atoms. The van der Waals surface area contributed by atoms with Gasteiger partial charge in [-0.25, -0.2) is 4.98 Å². The molecule has 6 heteroatoms. The quantitative estimate of drug-likeness (QED) is 0.516. The summed E-state index contributed by atoms with van der Waals surface area (Å²) in [6.45, 7) is 2.45. The monoisotopic (exact) mass is 498 g/mol. The summed E-state index contributed by atoms with van der Waals surface area (Å²) in [6.07, 6.45) is 14.5. The Hall–Kier alpha value is -2.73. The number of H-pyrrole nitrogens is 1. The maximum absolute atomic E-state index is 14.0. The molecule has 0 amide bonds. The van der Waals surface area contributed by atoms with Crippen LogP contribution in [0.15, 0.2) is 52.2 Å². The number of para-hydroxylation sites is 2. The van der Waals surface area contributed by atoms with E-state index in [4.69, 9.17) is 4.98 Å². The van der Waals surface area contributed by atoms with Crippen LogP contribution in [0.25, 0.3) is 22.3 Å². The van der Waals surface area contributed by atoms with Gasteiger partial charge in [-0.15, -0.1) is 0 Å². The molecule has 194 valence electrons. The van der Waals surface area contributed by atoms with Gasteiger partial charge in [0, 0.05) is 42.0 Å². The largest absolute Gasteiger partial charge is 0.329 e. The fourth-order valence-corrected chi connectivity index (χ4v) is 8.88. The number of hydrogen-bond acceptors (Lipinski definition) is 4. The molecule has 2 aromatic heterocycles. The van der Waals surface area contributed by atoms with Crippen LogP contribution in [0.1, 0.15) is 77.2 Å². The van der Waals surface area contributed by atoms with Crippen LogP contribution >= 0.6 is 0 Å². The first-order valence-corrected chi connectivity index (χ1v) is 14.5. The average molecular weight is 499 g/mol. The molecule has 3 aromatic rings. The van der Waals surface area contributed by atoms with E-state index in [0.717, 1.165) is 47.7 Å². The number of piperidine rings is 2. The molecule has 4 aliphatic rings. The van der Waals surface area contributed by atoms with Crippen molar-refractivity contribution in [1.29, 1.82) is 0 Å². The number of pyridine rings is 1. The molecule has 7 atom stereocenters. The van der Waals surface area contributed by atoms with Crippen molar-refractivity contribution in [2.45, 2.75) is 95.3 Å². The number of rotatable bonds is 3. The molecule has 0 radical (unpaired) electrons. The van der Waals surface area contributed by atoms with Gasteiger partial charge in [0.25, 0.3) is 5.56 Å². The summed E-state index contributed by atoms with van der Waals surface area (Å²) >= 11 is 0. The Morgan fingerprint density at radius 1 is 0.838 bits per heavy atom. The second-order valence-electron chi connectivity index (χ2n) is 12.5. The molecule has 4 fully saturated rings. The lowest BCUT2D eigenvalue weighted by molar-refractivity contribution is -0.0524. The van der Waals surface area contributed by atoms with Crippen molar-refractivity contribution in [3.8, 4) is 11.3 Å². The van der Waals surface area contributed by atoms with E-state index in [9.17, 15) is 9.59 Å². The highest BCUT2D eigenvalue weighted by molar-refractivity contribution is 5.78. The maximum atomic E-state index is 14.0. The fraction of sp³-hybridized carbons (Fsp3) is 0.581. The SMILES string of the molecule is CC1C[C@@H]2CC(N3[C@@H]4CCC[C@H]3CC(n3c(=O)c(-c5cc[nH]c(=O)c5)nc5ccccc53)C4)C[C@H](C1)C2. The van der Waals surface area contributed by atoms with Gasteiger partial charge in [-0.2, -0.15) is 0 Å². The Kier molecular flexibility index (Phi) is 5.83. The van der Waals surface area contributed by atoms with Crippen molar-refractivity contribution < 1.29 is 0 Å². The summed E-state index contributed by atoms with van der Waals surface area (Å²) in [5, 5.41) is 0. The van der Waals surface area contributed by atoms with Crippen LogP contribution < -0.4 is 11.1 Å². The van der Waals surface area contributed by atoms with Crippen molar-refractivity contribution in [2.24, 2.45) is 17.8 Å². The summed E-state index contributed by atoms with van der Waals surface area (Å²) in [7, 11) is 0. The summed E-state index contributed by atoms with van der Waals surface area (Å²) in [6, 6.07) is 13.3. The van der Waals surface area contributed by atoms with Gasteiger partial charge in [0.05, 0.1) is 11.0 Å². The third-order valence-electron chi connectivity index (χ3n) is 9.99. The van der Waals surface area contributed by atoms with Crippen LogP contribution in [-0.4, -0.2) is 37.6 Å². The summed E-state index contributed by atoms with van der Waals surface area (Å²) in [5.41, 5.74) is 2.42. The summed E-state index contributed by atoms with van der Waals surface area (Å²) < 4.78 is 2.04. The van der Waals surface area contributed by atoms with E-state index in [0.29, 0.717) is 23.3 Å². The normalized spacial score (nSPS) is 33.9. The van der Waals surface area contributed by atoms with E-state index < -0.39 is 0 Å². The third-order valence-corrected chi connectivity index (χ3v) is 9.99. The van der Waals surface area contributed by atoms with Crippen LogP contribution in [0, 0.1) is 17.8 Å². The van der Waals surface area contributed by atoms with Gasteiger partial charge in [-0.05, 0) is 93.7 Å². The van der Waals surface area contributed by atoms with Crippen LogP contribution in [0.5, 0.6) is 0 Å². The second kappa shape index (κ2) is 9.23. The Labute approximate surface area is 218 Å². The Bertz CT molecular complexity index is 1390. The second-order valence-corrected chi connectivity index (χ2v) is 12.5. The van der Waals surface area contributed by atoms with Crippen molar-refractivity contribution in [3.63, 3.8) is 0 Å². The highest BCUT2D eigenvalue weighted by Gasteiger charge is 2.46. The maximum Gasteiger partial charge on any atom is 0.277 e. The van der Waals surface area contributed by atoms with Gasteiger partial charge in [0.15, 0.2) is 0 Å². The van der Waals surface area contributed by atoms with Crippen LogP contribution in [-0.2, 0) is 0 Å². The lowest BCUT2D eigenvalue weighted by atomic mass is 9.65. The highest BCUT2D eigenvalue weighted by Crippen LogP contribution is 2.48. The van der Waals surface area contributed by atoms with E-state index in [1.807, 2.05) is 28.8 Å². The number of aromatic amines is 1. The first kappa shape index (κ1) is 23.4. The van der Waals surface area contributed by atoms with Gasteiger partial charge in [0.1, 0.15) is 5.69 Å². The molecule has 6 nitrogen and oxygen atoms in total. The molecule has 2 aliphatic carbocycles. The molecule has 7 rings (SSSR count). The molecule has 1 N–H and O–H groups in total. The molecule has 2 saturated heterocycles. The lowest BCUT2D eigenvalue weighted by Crippen LogP contribution is -2.58. The standard InChI is InChI=1S/C31H38N4O2/c1-19-11-20-13-21(12-19)15-25(14-20)34-23-5-4-6-24(34)18-26(17-23)35-28-8-3-2-7-27(28)33-30(31(35)37)22-9-10-32-29(36)16-22/h2-3,7-10,16,19-21,23-26H,4-6,11-15,17-18H2,1H3,(H,32,36)/t19?,20-,21+,23-,24+,25?,26?. The number of benzene rings is 1. The first-order valence-electron chi connectivity index (χ1n) is 14.5. The number of nitrogens with one attached hydrogen (secondary N) is 1. The molecule has 1 aromatic carbocycles. The highest BCUT2D eigenvalue weighted by atomic mass is 16.1. The zero-order chi connectivity index (χ0) is 25.1. The van der Waals surface area contributed by atoms with Gasteiger partial charge in [-0.3, -0.25) is 14.5 Å². The zero-order valence-electron chi connectivity index (χ0n) is 21.8. The zero-order valence-corrected chi connectivity index (χ0v) is 21.8. The molecule has 37 heavy (non-hydrogen) atoms. The summed E-state index contributed by atoms with van der Waals surface area (Å²) in [4.78, 5) is 36.4. The molecule has 0 spiro atoms. The lowest BCUT2D eigenvalue weighted by Gasteiger charge is -2.55. The van der Waals surface area contributed by atoms with E-state index in [1.165, 1.54) is 57.4 Å². The molecule has 2 aliphatic heterocycles. The Morgan fingerprint density at radius 2 is 1.57 bits per heavy atom. The van der Waals surface area contributed by atoms with Crippen molar-refractivity contribution in [1.82, 2.24) is 19.4 Å². The van der Waals surface area contributed by atoms with E-state index in [-0.39, 0.29) is 17.2 Å². The van der Waals surface area contributed by atoms with Gasteiger partial charge in [-0.1, -0.05) is 25.5 Å². The molecular formula is C31H38N4O2. The van der Waals surface area contributed by atoms with Crippen LogP contribution in [0.2, 0.25) is 0 Å². The Balaban J connectivity index is 1.25. The van der Waals surface area contributed by atoms with E-state index >= 15 is 0 Å². The predicted octanol–water partition coefficient (Wildman–Crippen LogP) is 5.52. The van der Waals surface area contributed by atoms with E-state index in [2.05, 4.69) is 16.8 Å². The smallest absolute Gasteiger partial charge is 0.277 e. The number of hydrogen-bond donors (Lipinski definition) is 1. The third kappa shape index (κ3) is 4.18. The minimum atomic E-state index is -0.215. The van der Waals surface area contributed by atoms with Crippen molar-refractivity contribution >= 4 is 11.0 Å². The number of fused-ring (bicyclic) bond motifs is 5. The average Bonchev–Trinajstić information content (AvgIpc) is 2.87. The molecule has 2 saturated carbocycles. The Morgan fingerprint density at radius 3 is 2.30 bits per heavy atom. The molecular weight excluding hydrogens is 460 g/mol. The summed E-state index contributed by atoms with van der Waals surface area (Å²) in [5.74, 6) is 2.72. The predicted molar refractivity (Wildman–Crippen MR) is 147 cm³/mol. The molecule has 3 unspecified atom stereocenters. The molecule has 4 heterocycles. The van der Waals surface area contributed by atoms with Gasteiger partial charge < -0.3 is 9.55 Å². The van der Waals surface area contributed by atoms with Gasteiger partial charge >= 0.3 is 0 Å². The van der Waals surface area contributed by atoms with Gasteiger partial charge in [0.2, 0.25) is 5.56 Å². The van der Waals surface area contributed by atoms with Crippen molar-refractivity contribution in [2.75, 3.05) is 0 Å². The minimum absolute atomic E-state index is 0.0676. The van der Waals surface area contributed by atoms with Crippen LogP contribution in [0.3, 0.4) is 0 Å². The van der Waals surface area contributed by atoms with Crippen LogP contribution in [0.4, 0.5) is 0 Å². The number of nitrogens with zero attached hydrogens (tertiary/aromatic N) is 3. The minimum Gasteiger partial charge on any atom is -0.329 e. The van der Waals surface area contributed by atoms with Crippen molar-refractivity contribution in [3.05, 3.63) is 63.3 Å².